The first-order chi connectivity index (χ1) is 5.35. The highest BCUT2D eigenvalue weighted by atomic mass is 32.2. The van der Waals surface area contributed by atoms with Gasteiger partial charge >= 0.3 is 16.4 Å². The largest absolute Gasteiger partial charge is 0.446 e. The van der Waals surface area contributed by atoms with Gasteiger partial charge < -0.3 is 4.74 Å². The maximum atomic E-state index is 10.6. The molecule has 1 atom stereocenters. The molecule has 0 heterocycles. The van der Waals surface area contributed by atoms with Crippen molar-refractivity contribution in [3.8, 4) is 0 Å². The second-order valence-corrected chi connectivity index (χ2v) is 3.36. The molecule has 0 aliphatic heterocycles. The first-order valence-electron chi connectivity index (χ1n) is 3.31. The fourth-order valence-corrected chi connectivity index (χ4v) is 0.654. The Kier molecular flexibility index (Phi) is 3.98. The van der Waals surface area contributed by atoms with Gasteiger partial charge in [0.25, 0.3) is 0 Å². The Morgan fingerprint density at radius 2 is 2.17 bits per heavy atom. The van der Waals surface area contributed by atoms with Gasteiger partial charge in [-0.15, -0.1) is 0 Å². The van der Waals surface area contributed by atoms with Crippen LogP contribution in [0.1, 0.15) is 20.3 Å². The van der Waals surface area contributed by atoms with Crippen molar-refractivity contribution < 1.29 is 22.5 Å². The Morgan fingerprint density at radius 3 is 2.50 bits per heavy atom. The van der Waals surface area contributed by atoms with Crippen LogP contribution in [0.25, 0.3) is 0 Å². The Balaban J connectivity index is 3.92. The third-order valence-electron chi connectivity index (χ3n) is 1.10. The molecule has 0 bridgehead atoms. The number of hydrogen-bond donors (Lipinski definition) is 2. The third-order valence-corrected chi connectivity index (χ3v) is 1.52. The molecule has 0 saturated heterocycles. The summed E-state index contributed by atoms with van der Waals surface area (Å²) < 4.78 is 34.0. The Morgan fingerprint density at radius 1 is 1.67 bits per heavy atom. The summed E-state index contributed by atoms with van der Waals surface area (Å²) in [7, 11) is -4.50. The van der Waals surface area contributed by atoms with E-state index in [1.165, 1.54) is 4.72 Å². The molecule has 0 aromatic carbocycles. The lowest BCUT2D eigenvalue weighted by Crippen LogP contribution is -2.32. The molecule has 12 heavy (non-hydrogen) atoms. The molecule has 2 N–H and O–H groups in total. The maximum Gasteiger partial charge on any atom is 0.422 e. The highest BCUT2D eigenvalue weighted by molar-refractivity contribution is 7.84. The second kappa shape index (κ2) is 4.27. The van der Waals surface area contributed by atoms with E-state index in [1.54, 1.807) is 13.8 Å². The van der Waals surface area contributed by atoms with Crippen molar-refractivity contribution in [2.24, 2.45) is 0 Å². The molecular weight excluding hydrogens is 186 g/mol. The number of carbonyl (C=O) groups is 1. The highest BCUT2D eigenvalue weighted by Gasteiger charge is 2.13. The summed E-state index contributed by atoms with van der Waals surface area (Å²) in [6, 6.07) is 0. The third kappa shape index (κ3) is 5.93. The number of amides is 1. The minimum absolute atomic E-state index is 0.383. The van der Waals surface area contributed by atoms with Gasteiger partial charge in [-0.25, -0.2) is 4.79 Å². The lowest BCUT2D eigenvalue weighted by atomic mass is 10.3. The molecule has 0 aliphatic carbocycles. The zero-order valence-corrected chi connectivity index (χ0v) is 7.59. The first kappa shape index (κ1) is 11.2. The van der Waals surface area contributed by atoms with Crippen molar-refractivity contribution in [2.75, 3.05) is 0 Å². The number of nitrogens with one attached hydrogen (secondary N) is 1. The van der Waals surface area contributed by atoms with Gasteiger partial charge in [0.05, 0.1) is 0 Å². The van der Waals surface area contributed by atoms with Gasteiger partial charge in [0.15, 0.2) is 0 Å². The molecule has 72 valence electrons. The SMILES string of the molecule is CCC(C)OC(=O)NS(=O)(=O)O. The summed E-state index contributed by atoms with van der Waals surface area (Å²) in [5.74, 6) is 0. The van der Waals surface area contributed by atoms with Crippen LogP contribution in [0.15, 0.2) is 0 Å². The van der Waals surface area contributed by atoms with E-state index in [2.05, 4.69) is 4.74 Å². The topological polar surface area (TPSA) is 92.7 Å². The molecule has 0 aromatic heterocycles. The average molecular weight is 197 g/mol. The van der Waals surface area contributed by atoms with Gasteiger partial charge in [0, 0.05) is 0 Å². The van der Waals surface area contributed by atoms with Crippen LogP contribution in [-0.4, -0.2) is 25.2 Å². The number of ether oxygens (including phenoxy) is 1. The monoisotopic (exact) mass is 197 g/mol. The lowest BCUT2D eigenvalue weighted by Gasteiger charge is -2.09. The van der Waals surface area contributed by atoms with Crippen LogP contribution < -0.4 is 4.72 Å². The molecule has 0 rings (SSSR count). The normalized spacial score (nSPS) is 13.6. The Bertz CT molecular complexity index is 247. The van der Waals surface area contributed by atoms with Crippen molar-refractivity contribution in [3.05, 3.63) is 0 Å². The van der Waals surface area contributed by atoms with Gasteiger partial charge in [-0.1, -0.05) is 6.92 Å². The highest BCUT2D eigenvalue weighted by Crippen LogP contribution is 1.95. The standard InChI is InChI=1S/C5H11NO5S/c1-3-4(2)11-5(7)6-12(8,9)10/h4H,3H2,1-2H3,(H,6,7)(H,8,9,10). The molecule has 0 aliphatic rings. The van der Waals surface area contributed by atoms with Crippen LogP contribution in [-0.2, 0) is 15.0 Å². The van der Waals surface area contributed by atoms with Crippen LogP contribution in [0.5, 0.6) is 0 Å². The summed E-state index contributed by atoms with van der Waals surface area (Å²) in [6.07, 6.45) is -0.989. The molecule has 1 amide bonds. The van der Waals surface area contributed by atoms with Crippen molar-refractivity contribution in [3.63, 3.8) is 0 Å². The van der Waals surface area contributed by atoms with E-state index in [9.17, 15) is 13.2 Å². The minimum atomic E-state index is -4.50. The van der Waals surface area contributed by atoms with Gasteiger partial charge in [-0.2, -0.15) is 13.1 Å². The Hall–Kier alpha value is -0.820. The van der Waals surface area contributed by atoms with Crippen LogP contribution >= 0.6 is 0 Å². The van der Waals surface area contributed by atoms with Crippen LogP contribution in [0.2, 0.25) is 0 Å². The number of hydrogen-bond acceptors (Lipinski definition) is 4. The van der Waals surface area contributed by atoms with E-state index in [-0.39, 0.29) is 6.10 Å². The van der Waals surface area contributed by atoms with E-state index in [0.717, 1.165) is 0 Å². The van der Waals surface area contributed by atoms with E-state index in [4.69, 9.17) is 4.55 Å². The summed E-state index contributed by atoms with van der Waals surface area (Å²) in [5.41, 5.74) is 0. The quantitative estimate of drug-likeness (QED) is 0.635. The molecular formula is C5H11NO5S. The van der Waals surface area contributed by atoms with Crippen molar-refractivity contribution in [1.29, 1.82) is 0 Å². The van der Waals surface area contributed by atoms with E-state index in [0.29, 0.717) is 6.42 Å². The smallest absolute Gasteiger partial charge is 0.422 e. The molecule has 0 spiro atoms. The van der Waals surface area contributed by atoms with Crippen molar-refractivity contribution in [1.82, 2.24) is 4.72 Å². The molecule has 0 fully saturated rings. The summed E-state index contributed by atoms with van der Waals surface area (Å²) in [5, 5.41) is 0. The average Bonchev–Trinajstić information content (AvgIpc) is 1.82. The van der Waals surface area contributed by atoms with Gasteiger partial charge in [0.2, 0.25) is 0 Å². The second-order valence-electron chi connectivity index (χ2n) is 2.20. The van der Waals surface area contributed by atoms with E-state index < -0.39 is 16.4 Å². The molecule has 6 nitrogen and oxygen atoms in total. The summed E-state index contributed by atoms with van der Waals surface area (Å²) in [4.78, 5) is 10.6. The number of rotatable bonds is 3. The fraction of sp³-hybridized carbons (Fsp3) is 0.800. The first-order valence-corrected chi connectivity index (χ1v) is 4.75. The van der Waals surface area contributed by atoms with Gasteiger partial charge in [-0.3, -0.25) is 4.55 Å². The van der Waals surface area contributed by atoms with Gasteiger partial charge in [-0.05, 0) is 13.3 Å². The van der Waals surface area contributed by atoms with Crippen molar-refractivity contribution in [2.45, 2.75) is 26.4 Å². The molecule has 1 unspecified atom stereocenters. The predicted octanol–water partition coefficient (Wildman–Crippen LogP) is 0.314. The minimum Gasteiger partial charge on any atom is -0.446 e. The summed E-state index contributed by atoms with van der Waals surface area (Å²) in [6.45, 7) is 3.37. The van der Waals surface area contributed by atoms with Crippen LogP contribution in [0.4, 0.5) is 4.79 Å². The lowest BCUT2D eigenvalue weighted by molar-refractivity contribution is 0.110. The Labute approximate surface area is 70.8 Å². The summed E-state index contributed by atoms with van der Waals surface area (Å²) >= 11 is 0. The zero-order valence-electron chi connectivity index (χ0n) is 6.77. The molecule has 0 saturated carbocycles. The number of carbonyl (C=O) groups excluding carboxylic acids is 1. The predicted molar refractivity (Wildman–Crippen MR) is 40.9 cm³/mol. The van der Waals surface area contributed by atoms with Crippen LogP contribution in [0.3, 0.4) is 0 Å². The molecule has 7 heteroatoms. The van der Waals surface area contributed by atoms with Crippen molar-refractivity contribution >= 4 is 16.4 Å². The fourth-order valence-electron chi connectivity index (χ4n) is 0.395. The molecule has 0 aromatic rings. The molecule has 0 radical (unpaired) electrons. The van der Waals surface area contributed by atoms with Gasteiger partial charge in [0.1, 0.15) is 6.10 Å². The van der Waals surface area contributed by atoms with E-state index in [1.807, 2.05) is 0 Å². The maximum absolute atomic E-state index is 10.6. The zero-order chi connectivity index (χ0) is 9.78. The van der Waals surface area contributed by atoms with E-state index >= 15 is 0 Å². The van der Waals surface area contributed by atoms with Crippen LogP contribution in [0, 0.1) is 0 Å².